The number of benzene rings is 2. The Morgan fingerprint density at radius 2 is 1.14 bits per heavy atom. The van der Waals surface area contributed by atoms with Crippen molar-refractivity contribution in [1.29, 1.82) is 0 Å². The van der Waals surface area contributed by atoms with Gasteiger partial charge in [0.25, 0.3) is 0 Å². The molecular weight excluding hydrogens is 272 g/mol. The number of ether oxygens (including phenoxy) is 1. The molecular formula is C20H26O2. The van der Waals surface area contributed by atoms with Crippen molar-refractivity contribution in [2.75, 3.05) is 7.11 Å². The second-order valence-electron chi connectivity index (χ2n) is 6.73. The highest BCUT2D eigenvalue weighted by Crippen LogP contribution is 2.38. The van der Waals surface area contributed by atoms with E-state index in [1.54, 1.807) is 7.11 Å². The predicted molar refractivity (Wildman–Crippen MR) is 92.2 cm³/mol. The first-order valence-electron chi connectivity index (χ1n) is 7.65. The molecule has 22 heavy (non-hydrogen) atoms. The first-order valence-corrected chi connectivity index (χ1v) is 7.65. The van der Waals surface area contributed by atoms with Gasteiger partial charge in [0.05, 0.1) is 7.11 Å². The zero-order valence-corrected chi connectivity index (χ0v) is 14.7. The molecule has 0 saturated carbocycles. The molecule has 0 amide bonds. The lowest BCUT2D eigenvalue weighted by molar-refractivity contribution is 0.408. The molecule has 0 aliphatic rings. The molecule has 1 N–H and O–H groups in total. The molecule has 2 aromatic carbocycles. The minimum atomic E-state index is -0.134. The molecule has 0 atom stereocenters. The van der Waals surface area contributed by atoms with E-state index in [9.17, 15) is 5.11 Å². The quantitative estimate of drug-likeness (QED) is 0.867. The third-order valence-corrected chi connectivity index (χ3v) is 4.60. The summed E-state index contributed by atoms with van der Waals surface area (Å²) in [6, 6.07) is 8.56. The molecule has 118 valence electrons. The van der Waals surface area contributed by atoms with Crippen LogP contribution in [0, 0.1) is 27.7 Å². The lowest BCUT2D eigenvalue weighted by Gasteiger charge is -2.28. The zero-order valence-electron chi connectivity index (χ0n) is 14.7. The number of phenols is 1. The molecule has 2 rings (SSSR count). The number of aromatic hydroxyl groups is 1. The van der Waals surface area contributed by atoms with Crippen LogP contribution in [0.5, 0.6) is 11.5 Å². The first kappa shape index (κ1) is 16.4. The van der Waals surface area contributed by atoms with Crippen molar-refractivity contribution in [2.24, 2.45) is 0 Å². The lowest BCUT2D eigenvalue weighted by atomic mass is 9.76. The number of hydrogen-bond donors (Lipinski definition) is 1. The van der Waals surface area contributed by atoms with Gasteiger partial charge in [-0.2, -0.15) is 0 Å². The Balaban J connectivity index is 2.60. The van der Waals surface area contributed by atoms with E-state index in [1.165, 1.54) is 11.1 Å². The molecule has 0 bridgehead atoms. The van der Waals surface area contributed by atoms with Crippen LogP contribution in [0.25, 0.3) is 0 Å². The third kappa shape index (κ3) is 2.70. The fourth-order valence-electron chi connectivity index (χ4n) is 3.12. The van der Waals surface area contributed by atoms with Crippen LogP contribution >= 0.6 is 0 Å². The molecule has 0 spiro atoms. The minimum absolute atomic E-state index is 0.134. The highest BCUT2D eigenvalue weighted by molar-refractivity contribution is 5.51. The van der Waals surface area contributed by atoms with Crippen LogP contribution in [0.3, 0.4) is 0 Å². The summed E-state index contributed by atoms with van der Waals surface area (Å²) >= 11 is 0. The van der Waals surface area contributed by atoms with Gasteiger partial charge in [0.2, 0.25) is 0 Å². The topological polar surface area (TPSA) is 29.5 Å². The Bertz CT molecular complexity index is 666. The second-order valence-corrected chi connectivity index (χ2v) is 6.73. The van der Waals surface area contributed by atoms with E-state index in [1.807, 2.05) is 13.8 Å². The maximum Gasteiger partial charge on any atom is 0.124 e. The van der Waals surface area contributed by atoms with Gasteiger partial charge in [-0.3, -0.25) is 0 Å². The summed E-state index contributed by atoms with van der Waals surface area (Å²) in [6.45, 7) is 12.5. The number of hydrogen-bond acceptors (Lipinski definition) is 2. The van der Waals surface area contributed by atoms with Gasteiger partial charge in [0, 0.05) is 5.41 Å². The summed E-state index contributed by atoms with van der Waals surface area (Å²) in [4.78, 5) is 0. The molecule has 0 aromatic heterocycles. The van der Waals surface area contributed by atoms with Crippen LogP contribution in [-0.2, 0) is 5.41 Å². The maximum atomic E-state index is 10.0. The molecule has 2 nitrogen and oxygen atoms in total. The summed E-state index contributed by atoms with van der Waals surface area (Å²) in [6.07, 6.45) is 0. The predicted octanol–water partition coefficient (Wildman–Crippen LogP) is 4.96. The Kier molecular flexibility index (Phi) is 4.23. The van der Waals surface area contributed by atoms with Crippen molar-refractivity contribution in [3.63, 3.8) is 0 Å². The Morgan fingerprint density at radius 1 is 0.773 bits per heavy atom. The van der Waals surface area contributed by atoms with Crippen molar-refractivity contribution in [1.82, 2.24) is 0 Å². The molecule has 0 fully saturated rings. The minimum Gasteiger partial charge on any atom is -0.507 e. The van der Waals surface area contributed by atoms with Gasteiger partial charge in [-0.25, -0.2) is 0 Å². The fraction of sp³-hybridized carbons (Fsp3) is 0.400. The summed E-state index contributed by atoms with van der Waals surface area (Å²) < 4.78 is 5.47. The van der Waals surface area contributed by atoms with Crippen LogP contribution in [0.15, 0.2) is 24.3 Å². The Morgan fingerprint density at radius 3 is 1.50 bits per heavy atom. The van der Waals surface area contributed by atoms with Gasteiger partial charge in [-0.15, -0.1) is 0 Å². The van der Waals surface area contributed by atoms with Gasteiger partial charge >= 0.3 is 0 Å². The second kappa shape index (κ2) is 5.68. The van der Waals surface area contributed by atoms with E-state index in [-0.39, 0.29) is 5.41 Å². The molecule has 2 aromatic rings. The largest absolute Gasteiger partial charge is 0.507 e. The normalized spacial score (nSPS) is 11.6. The monoisotopic (exact) mass is 298 g/mol. The van der Waals surface area contributed by atoms with Crippen molar-refractivity contribution < 1.29 is 9.84 Å². The molecule has 0 aliphatic heterocycles. The van der Waals surface area contributed by atoms with E-state index in [0.29, 0.717) is 5.75 Å². The van der Waals surface area contributed by atoms with Gasteiger partial charge in [-0.05, 0) is 61.1 Å². The van der Waals surface area contributed by atoms with Crippen LogP contribution in [0.4, 0.5) is 0 Å². The van der Waals surface area contributed by atoms with Crippen molar-refractivity contribution >= 4 is 0 Å². The highest BCUT2D eigenvalue weighted by Gasteiger charge is 2.25. The SMILES string of the molecule is COc1c(C)cc(C(C)(C)c2cc(C)c(O)c(C)c2)cc1C. The molecule has 0 heterocycles. The first-order chi connectivity index (χ1) is 10.2. The van der Waals surface area contributed by atoms with Crippen LogP contribution < -0.4 is 4.74 Å². The van der Waals surface area contributed by atoms with E-state index in [0.717, 1.165) is 28.0 Å². The molecule has 2 heteroatoms. The van der Waals surface area contributed by atoms with E-state index < -0.39 is 0 Å². The van der Waals surface area contributed by atoms with Gasteiger partial charge in [0.1, 0.15) is 11.5 Å². The maximum absolute atomic E-state index is 10.0. The summed E-state index contributed by atoms with van der Waals surface area (Å²) in [5.41, 5.74) is 6.48. The molecule has 0 saturated heterocycles. The van der Waals surface area contributed by atoms with Crippen molar-refractivity contribution in [3.05, 3.63) is 57.6 Å². The molecule has 0 unspecified atom stereocenters. The number of methoxy groups -OCH3 is 1. The van der Waals surface area contributed by atoms with Crippen LogP contribution in [0.2, 0.25) is 0 Å². The van der Waals surface area contributed by atoms with Crippen molar-refractivity contribution in [2.45, 2.75) is 47.0 Å². The molecule has 0 aliphatic carbocycles. The third-order valence-electron chi connectivity index (χ3n) is 4.60. The number of rotatable bonds is 3. The number of phenolic OH excluding ortho intramolecular Hbond substituents is 1. The zero-order chi connectivity index (χ0) is 16.7. The van der Waals surface area contributed by atoms with E-state index in [2.05, 4.69) is 52.0 Å². The van der Waals surface area contributed by atoms with Crippen LogP contribution in [0.1, 0.15) is 47.2 Å². The standard InChI is InChI=1S/C20H26O2/c1-12-8-16(9-13(2)18(12)21)20(5,6)17-10-14(3)19(22-7)15(4)11-17/h8-11,21H,1-7H3. The fourth-order valence-corrected chi connectivity index (χ4v) is 3.12. The van der Waals surface area contributed by atoms with Crippen molar-refractivity contribution in [3.8, 4) is 11.5 Å². The van der Waals surface area contributed by atoms with Crippen LogP contribution in [-0.4, -0.2) is 12.2 Å². The number of aryl methyl sites for hydroxylation is 4. The van der Waals surface area contributed by atoms with E-state index in [4.69, 9.17) is 4.74 Å². The average Bonchev–Trinajstić information content (AvgIpc) is 2.43. The highest BCUT2D eigenvalue weighted by atomic mass is 16.5. The smallest absolute Gasteiger partial charge is 0.124 e. The Labute approximate surface area is 133 Å². The van der Waals surface area contributed by atoms with E-state index >= 15 is 0 Å². The molecule has 0 radical (unpaired) electrons. The van der Waals surface area contributed by atoms with Gasteiger partial charge < -0.3 is 9.84 Å². The lowest BCUT2D eigenvalue weighted by Crippen LogP contribution is -2.20. The summed E-state index contributed by atoms with van der Waals surface area (Å²) in [7, 11) is 1.72. The Hall–Kier alpha value is -1.96. The summed E-state index contributed by atoms with van der Waals surface area (Å²) in [5.74, 6) is 1.35. The van der Waals surface area contributed by atoms with Gasteiger partial charge in [-0.1, -0.05) is 38.1 Å². The summed E-state index contributed by atoms with van der Waals surface area (Å²) in [5, 5.41) is 10.0. The van der Waals surface area contributed by atoms with Gasteiger partial charge in [0.15, 0.2) is 0 Å². The average molecular weight is 298 g/mol.